The summed E-state index contributed by atoms with van der Waals surface area (Å²) in [5.74, 6) is 0. The molecule has 0 aliphatic heterocycles. The maximum Gasteiger partial charge on any atom is 0.216 e. The Morgan fingerprint density at radius 1 is 1.43 bits per heavy atom. The van der Waals surface area contributed by atoms with Gasteiger partial charge >= 0.3 is 0 Å². The predicted molar refractivity (Wildman–Crippen MR) is 42.0 cm³/mol. The van der Waals surface area contributed by atoms with E-state index in [0.29, 0.717) is 0 Å². The van der Waals surface area contributed by atoms with Crippen LogP contribution in [0.2, 0.25) is 0 Å². The molecular weight excluding hydrogens is 222 g/mol. The second kappa shape index (κ2) is 15.8. The van der Waals surface area contributed by atoms with Crippen molar-refractivity contribution in [2.75, 3.05) is 0 Å². The van der Waals surface area contributed by atoms with Gasteiger partial charge in [-0.15, -0.1) is 0 Å². The van der Waals surface area contributed by atoms with Crippen molar-refractivity contribution in [3.63, 3.8) is 0 Å². The number of hydrogen-bond donors (Lipinski definition) is 1. The van der Waals surface area contributed by atoms with Crippen molar-refractivity contribution in [1.29, 1.82) is 1.43 Å². The normalized spacial score (nSPS) is 7.00. The van der Waals surface area contributed by atoms with Crippen LogP contribution in [0.25, 0.3) is 0 Å². The van der Waals surface area contributed by atoms with Crippen molar-refractivity contribution in [3.05, 3.63) is 0 Å². The molecule has 1 N–H and O–H groups in total. The van der Waals surface area contributed by atoms with Crippen molar-refractivity contribution in [2.24, 2.45) is 0 Å². The molecule has 5 heteroatoms. The Kier molecular flexibility index (Phi) is 36.4. The Morgan fingerprint density at radius 2 is 1.57 bits per heavy atom. The first-order valence-corrected chi connectivity index (χ1v) is 5.20. The summed E-state index contributed by atoms with van der Waals surface area (Å²) in [5.41, 5.74) is 0. The third-order valence-corrected chi connectivity index (χ3v) is 0. The zero-order valence-corrected chi connectivity index (χ0v) is 8.63. The van der Waals surface area contributed by atoms with E-state index in [1.54, 1.807) is 0 Å². The van der Waals surface area contributed by atoms with Gasteiger partial charge < -0.3 is 4.90 Å². The summed E-state index contributed by atoms with van der Waals surface area (Å²) in [7, 11) is 4.11. The molecule has 0 aliphatic carbocycles. The van der Waals surface area contributed by atoms with Crippen molar-refractivity contribution < 1.29 is 37.6 Å². The quantitative estimate of drug-likeness (QED) is 0.692. The molecule has 0 fully saturated rings. The van der Waals surface area contributed by atoms with E-state index in [-0.39, 0.29) is 47.6 Å². The molecule has 0 aromatic rings. The van der Waals surface area contributed by atoms with Crippen LogP contribution in [0.15, 0.2) is 0 Å². The Bertz CT molecular complexity index is 31.2. The van der Waals surface area contributed by atoms with E-state index < -0.39 is 7.53 Å². The zero-order chi connectivity index (χ0) is 4.28. The summed E-state index contributed by atoms with van der Waals surface area (Å²) in [6.45, 7) is 0. The van der Waals surface area contributed by atoms with Gasteiger partial charge in [0.1, 0.15) is 0 Å². The first-order valence-electron chi connectivity index (χ1n) is 1.11. The van der Waals surface area contributed by atoms with E-state index in [4.69, 9.17) is 1.43 Å². The Morgan fingerprint density at radius 3 is 1.57 bits per heavy atom. The predicted octanol–water partition coefficient (Wildman–Crippen LogP) is 2.23. The fourth-order valence-corrected chi connectivity index (χ4v) is 0. The molecule has 1 radical (unpaired) electrons. The largest absolute Gasteiger partial charge is 0.366 e. The van der Waals surface area contributed by atoms with E-state index in [1.165, 1.54) is 0 Å². The molecule has 2 unspecified atom stereocenters. The summed E-state index contributed by atoms with van der Waals surface area (Å²) in [6, 6.07) is 0. The standard InChI is InChI=1S/2CH4.H5OP3.Y/c;;1-4(2)3;/h2*1H4;1H,2-3H2;/i;;1D;. The number of rotatable bonds is 1. The van der Waals surface area contributed by atoms with Gasteiger partial charge in [-0.1, -0.05) is 32.7 Å². The molecule has 45 valence electrons. The van der Waals surface area contributed by atoms with Crippen molar-refractivity contribution in [2.45, 2.75) is 14.9 Å². The monoisotopic (exact) mass is 236 g/mol. The molecule has 0 spiro atoms. The van der Waals surface area contributed by atoms with E-state index in [1.807, 2.05) is 0 Å². The minimum atomic E-state index is -0.598. The zero-order valence-electron chi connectivity index (χ0n) is 3.59. The average molecular weight is 236 g/mol. The molecule has 0 aliphatic rings. The SMILES string of the molecule is C.C.[2H]OP(P)P.[Y]. The van der Waals surface area contributed by atoms with Gasteiger partial charge in [-0.2, -0.15) is 0 Å². The maximum absolute atomic E-state index is 6.14. The first kappa shape index (κ1) is 16.2. The van der Waals surface area contributed by atoms with E-state index in [0.717, 1.165) is 0 Å². The second-order valence-corrected chi connectivity index (χ2v) is 5.92. The van der Waals surface area contributed by atoms with Crippen LogP contribution in [0.5, 0.6) is 0 Å². The second-order valence-electron chi connectivity index (χ2n) is 0.360. The van der Waals surface area contributed by atoms with Crippen molar-refractivity contribution in [3.8, 4) is 0 Å². The van der Waals surface area contributed by atoms with Gasteiger partial charge in [-0.3, -0.25) is 0 Å². The van der Waals surface area contributed by atoms with Gasteiger partial charge in [0, 0.05) is 32.7 Å². The van der Waals surface area contributed by atoms with Gasteiger partial charge in [-0.05, 0) is 0 Å². The minimum absolute atomic E-state index is 0. The van der Waals surface area contributed by atoms with Crippen LogP contribution in [-0.4, -0.2) is 6.33 Å². The van der Waals surface area contributed by atoms with Crippen LogP contribution in [0.3, 0.4) is 0 Å². The summed E-state index contributed by atoms with van der Waals surface area (Å²) < 4.78 is 6.14. The molecule has 0 aromatic heterocycles. The van der Waals surface area contributed by atoms with E-state index in [9.17, 15) is 0 Å². The van der Waals surface area contributed by atoms with E-state index in [2.05, 4.69) is 22.8 Å². The molecule has 0 saturated heterocycles. The van der Waals surface area contributed by atoms with E-state index >= 15 is 0 Å². The molecule has 0 amide bonds. The Hall–Kier alpha value is 2.35. The topological polar surface area (TPSA) is 20.2 Å². The fraction of sp³-hybridized carbons (Fsp3) is 1.00. The molecule has 0 rings (SSSR count). The summed E-state index contributed by atoms with van der Waals surface area (Å²) >= 11 is 0. The Labute approximate surface area is 78.8 Å². The van der Waals surface area contributed by atoms with Crippen molar-refractivity contribution >= 4 is 25.4 Å². The fourth-order valence-electron chi connectivity index (χ4n) is 0. The summed E-state index contributed by atoms with van der Waals surface area (Å²) in [4.78, 5) is 3.99. The van der Waals surface area contributed by atoms with Gasteiger partial charge in [-0.25, -0.2) is 0 Å². The van der Waals surface area contributed by atoms with Gasteiger partial charge in [0.15, 0.2) is 0 Å². The third kappa shape index (κ3) is 60.9. The average Bonchev–Trinajstić information content (AvgIpc) is 1.38. The van der Waals surface area contributed by atoms with Gasteiger partial charge in [0.25, 0.3) is 0 Å². The minimum Gasteiger partial charge on any atom is -0.366 e. The van der Waals surface area contributed by atoms with Crippen LogP contribution < -0.4 is 0 Å². The van der Waals surface area contributed by atoms with Crippen LogP contribution >= 0.6 is 25.4 Å². The molecule has 7 heavy (non-hydrogen) atoms. The van der Waals surface area contributed by atoms with Crippen LogP contribution in [0, 0.1) is 0 Å². The van der Waals surface area contributed by atoms with Gasteiger partial charge in [0.2, 0.25) is 1.43 Å². The summed E-state index contributed by atoms with van der Waals surface area (Å²) in [5, 5.41) is 0. The van der Waals surface area contributed by atoms with Crippen LogP contribution in [0.1, 0.15) is 14.9 Å². The molecule has 2 atom stereocenters. The van der Waals surface area contributed by atoms with Gasteiger partial charge in [0.05, 0.1) is 7.53 Å². The third-order valence-electron chi connectivity index (χ3n) is 0. The first-order chi connectivity index (χ1) is 2.27. The van der Waals surface area contributed by atoms with Crippen molar-refractivity contribution in [1.82, 2.24) is 0 Å². The molecule has 0 aromatic carbocycles. The van der Waals surface area contributed by atoms with Crippen LogP contribution in [0.4, 0.5) is 0 Å². The molecule has 0 bridgehead atoms. The smallest absolute Gasteiger partial charge is 0.216 e. The molecular formula is C2H13OP3Y. The molecule has 1 nitrogen and oxygen atoms in total. The molecule has 0 saturated carbocycles. The number of hydrogen-bond acceptors (Lipinski definition) is 1. The summed E-state index contributed by atoms with van der Waals surface area (Å²) in [6.07, 6.45) is 0. The maximum atomic E-state index is 6.14. The molecule has 0 heterocycles. The Balaban J connectivity index is -0.0000000267. The van der Waals surface area contributed by atoms with Crippen LogP contribution in [-0.2, 0) is 32.7 Å².